The predicted octanol–water partition coefficient (Wildman–Crippen LogP) is 2.54. The third-order valence-corrected chi connectivity index (χ3v) is 2.57. The molecule has 0 aliphatic carbocycles. The molecule has 100 valence electrons. The molecule has 1 saturated heterocycles. The minimum Gasteiger partial charge on any atom is -0.508 e. The molecule has 4 nitrogen and oxygen atoms in total. The largest absolute Gasteiger partial charge is 0.508 e. The van der Waals surface area contributed by atoms with Crippen molar-refractivity contribution in [3.8, 4) is 5.75 Å². The van der Waals surface area contributed by atoms with Gasteiger partial charge in [-0.2, -0.15) is 0 Å². The molecule has 0 spiro atoms. The van der Waals surface area contributed by atoms with Gasteiger partial charge in [-0.25, -0.2) is 13.6 Å². The van der Waals surface area contributed by atoms with Gasteiger partial charge in [-0.1, -0.05) is 17.7 Å². The summed E-state index contributed by atoms with van der Waals surface area (Å²) in [6, 6.07) is 2.77. The van der Waals surface area contributed by atoms with E-state index in [9.17, 15) is 18.7 Å². The molecule has 2 N–H and O–H groups in total. The summed E-state index contributed by atoms with van der Waals surface area (Å²) in [4.78, 5) is 11.0. The van der Waals surface area contributed by atoms with Gasteiger partial charge >= 0.3 is 12.0 Å². The summed E-state index contributed by atoms with van der Waals surface area (Å²) < 4.78 is 31.4. The Labute approximate surface area is 108 Å². The molecule has 0 aromatic heterocycles. The fourth-order valence-electron chi connectivity index (χ4n) is 1.72. The molecule has 1 aliphatic heterocycles. The Hall–Kier alpha value is -1.56. The summed E-state index contributed by atoms with van der Waals surface area (Å²) in [5.74, 6) is -3.53. The first-order valence-electron chi connectivity index (χ1n) is 5.01. The van der Waals surface area contributed by atoms with Gasteiger partial charge in [0.25, 0.3) is 0 Å². The molecule has 1 fully saturated rings. The number of aryl methyl sites for hydroxylation is 1. The van der Waals surface area contributed by atoms with Gasteiger partial charge in [0.1, 0.15) is 11.8 Å². The fraction of sp³-hybridized carbons (Fsp3) is 0.364. The molecule has 2 rings (SSSR count). The second kappa shape index (κ2) is 4.97. The topological polar surface area (TPSA) is 58.6 Å². The van der Waals surface area contributed by atoms with Gasteiger partial charge < -0.3 is 15.2 Å². The van der Waals surface area contributed by atoms with Crippen LogP contribution in [0.15, 0.2) is 18.2 Å². The van der Waals surface area contributed by atoms with Crippen molar-refractivity contribution in [3.05, 3.63) is 29.3 Å². The van der Waals surface area contributed by atoms with Crippen molar-refractivity contribution in [1.29, 1.82) is 0 Å². The summed E-state index contributed by atoms with van der Waals surface area (Å²) in [5, 5.41) is 11.6. The first-order valence-corrected chi connectivity index (χ1v) is 5.01. The Morgan fingerprint density at radius 3 is 2.83 bits per heavy atom. The van der Waals surface area contributed by atoms with E-state index in [1.807, 2.05) is 5.32 Å². The van der Waals surface area contributed by atoms with Crippen LogP contribution in [0.4, 0.5) is 13.6 Å². The highest BCUT2D eigenvalue weighted by Crippen LogP contribution is 2.38. The second-order valence-corrected chi connectivity index (χ2v) is 3.98. The van der Waals surface area contributed by atoms with Gasteiger partial charge in [-0.15, -0.1) is 12.4 Å². The number of alkyl halides is 2. The van der Waals surface area contributed by atoms with Crippen molar-refractivity contribution in [2.24, 2.45) is 0 Å². The van der Waals surface area contributed by atoms with Gasteiger partial charge in [0.05, 0.1) is 0 Å². The molecule has 18 heavy (non-hydrogen) atoms. The lowest BCUT2D eigenvalue weighted by atomic mass is 9.97. The van der Waals surface area contributed by atoms with Gasteiger partial charge in [0.15, 0.2) is 6.61 Å². The third kappa shape index (κ3) is 2.64. The number of carbonyl (C=O) groups is 1. The number of amides is 1. The number of halogens is 3. The van der Waals surface area contributed by atoms with Crippen LogP contribution in [0.25, 0.3) is 0 Å². The Morgan fingerprint density at radius 1 is 1.50 bits per heavy atom. The zero-order valence-electron chi connectivity index (χ0n) is 9.44. The maximum Gasteiger partial charge on any atom is 0.408 e. The molecule has 0 bridgehead atoms. The van der Waals surface area contributed by atoms with E-state index in [0.717, 1.165) is 0 Å². The van der Waals surface area contributed by atoms with Gasteiger partial charge in [-0.05, 0) is 13.0 Å². The van der Waals surface area contributed by atoms with E-state index in [0.29, 0.717) is 5.56 Å². The van der Waals surface area contributed by atoms with Crippen molar-refractivity contribution < 1.29 is 23.4 Å². The van der Waals surface area contributed by atoms with Crippen molar-refractivity contribution >= 4 is 18.5 Å². The molecule has 0 unspecified atom stereocenters. The number of ether oxygens (including phenoxy) is 1. The lowest BCUT2D eigenvalue weighted by Crippen LogP contribution is -2.49. The first kappa shape index (κ1) is 14.5. The minimum absolute atomic E-state index is 0. The first-order chi connectivity index (χ1) is 7.90. The molecule has 0 saturated carbocycles. The summed E-state index contributed by atoms with van der Waals surface area (Å²) in [5.41, 5.74) is 0.709. The average molecular weight is 280 g/mol. The Morgan fingerprint density at radius 2 is 2.17 bits per heavy atom. The van der Waals surface area contributed by atoms with Crippen LogP contribution >= 0.6 is 12.4 Å². The molecule has 1 aromatic carbocycles. The van der Waals surface area contributed by atoms with E-state index in [-0.39, 0.29) is 23.7 Å². The molecule has 1 atom stereocenters. The quantitative estimate of drug-likeness (QED) is 0.830. The maximum absolute atomic E-state index is 13.6. The molecule has 1 aromatic rings. The van der Waals surface area contributed by atoms with Crippen LogP contribution in [0.1, 0.15) is 17.2 Å². The smallest absolute Gasteiger partial charge is 0.408 e. The van der Waals surface area contributed by atoms with E-state index in [4.69, 9.17) is 0 Å². The van der Waals surface area contributed by atoms with Crippen LogP contribution < -0.4 is 5.32 Å². The lowest BCUT2D eigenvalue weighted by Gasteiger charge is -2.32. The highest BCUT2D eigenvalue weighted by Gasteiger charge is 2.47. The second-order valence-electron chi connectivity index (χ2n) is 3.98. The standard InChI is InChI=1S/C11H11F2NO3.ClH/c1-6-2-3-8(15)7(4-6)9-11(12,13)5-17-10(16)14-9;/h2-4,9,15H,5H2,1H3,(H,14,16);1H/t9-;/m0./s1. The van der Waals surface area contributed by atoms with Crippen LogP contribution in [0.3, 0.4) is 0 Å². The Bertz CT molecular complexity index is 468. The molecule has 0 radical (unpaired) electrons. The SMILES string of the molecule is Cc1ccc(O)c([C@@H]2NC(=O)OCC2(F)F)c1.Cl. The van der Waals surface area contributed by atoms with Crippen molar-refractivity contribution in [3.63, 3.8) is 0 Å². The minimum atomic E-state index is -3.25. The predicted molar refractivity (Wildman–Crippen MR) is 62.3 cm³/mol. The number of phenolic OH excluding ortho intramolecular Hbond substituents is 1. The van der Waals surface area contributed by atoms with Gasteiger partial charge in [-0.3, -0.25) is 0 Å². The maximum atomic E-state index is 13.6. The number of aromatic hydroxyl groups is 1. The zero-order valence-corrected chi connectivity index (χ0v) is 10.3. The van der Waals surface area contributed by atoms with Crippen LogP contribution in [0.2, 0.25) is 0 Å². The average Bonchev–Trinajstić information content (AvgIpc) is 2.26. The lowest BCUT2D eigenvalue weighted by molar-refractivity contribution is -0.104. The van der Waals surface area contributed by atoms with Crippen LogP contribution in [-0.2, 0) is 4.74 Å². The third-order valence-electron chi connectivity index (χ3n) is 2.57. The van der Waals surface area contributed by atoms with E-state index in [1.165, 1.54) is 12.1 Å². The Kier molecular flexibility index (Phi) is 4.01. The highest BCUT2D eigenvalue weighted by molar-refractivity contribution is 5.85. The van der Waals surface area contributed by atoms with E-state index in [1.54, 1.807) is 13.0 Å². The number of alkyl carbamates (subject to hydrolysis) is 1. The summed E-state index contributed by atoms with van der Waals surface area (Å²) in [6.45, 7) is 0.721. The number of rotatable bonds is 1. The van der Waals surface area contributed by atoms with E-state index < -0.39 is 24.7 Å². The number of hydrogen-bond acceptors (Lipinski definition) is 3. The summed E-state index contributed by atoms with van der Waals surface area (Å²) >= 11 is 0. The monoisotopic (exact) mass is 279 g/mol. The molecule has 7 heteroatoms. The number of cyclic esters (lactones) is 1. The molecular formula is C11H12ClF2NO3. The van der Waals surface area contributed by atoms with Crippen LogP contribution in [0.5, 0.6) is 5.75 Å². The van der Waals surface area contributed by atoms with Crippen molar-refractivity contribution in [1.82, 2.24) is 5.32 Å². The number of carbonyl (C=O) groups excluding carboxylic acids is 1. The highest BCUT2D eigenvalue weighted by atomic mass is 35.5. The Balaban J connectivity index is 0.00000162. The van der Waals surface area contributed by atoms with Gasteiger partial charge in [0, 0.05) is 5.56 Å². The summed E-state index contributed by atoms with van der Waals surface area (Å²) in [6.07, 6.45) is -0.915. The summed E-state index contributed by atoms with van der Waals surface area (Å²) in [7, 11) is 0. The van der Waals surface area contributed by atoms with E-state index in [2.05, 4.69) is 4.74 Å². The number of benzene rings is 1. The van der Waals surface area contributed by atoms with Crippen molar-refractivity contribution in [2.45, 2.75) is 18.9 Å². The molecule has 1 amide bonds. The molecule has 1 aliphatic rings. The van der Waals surface area contributed by atoms with Gasteiger partial charge in [0.2, 0.25) is 0 Å². The van der Waals surface area contributed by atoms with E-state index >= 15 is 0 Å². The normalized spacial score (nSPS) is 21.5. The van der Waals surface area contributed by atoms with Crippen molar-refractivity contribution in [2.75, 3.05) is 6.61 Å². The van der Waals surface area contributed by atoms with Crippen LogP contribution in [0, 0.1) is 6.92 Å². The number of nitrogens with one attached hydrogen (secondary N) is 1. The molecular weight excluding hydrogens is 268 g/mol. The molecule has 1 heterocycles. The zero-order chi connectivity index (χ0) is 12.6. The number of phenols is 1. The fourth-order valence-corrected chi connectivity index (χ4v) is 1.72. The van der Waals surface area contributed by atoms with Crippen LogP contribution in [-0.4, -0.2) is 23.7 Å². The number of hydrogen-bond donors (Lipinski definition) is 2.